The highest BCUT2D eigenvalue weighted by Crippen LogP contribution is 2.36. The summed E-state index contributed by atoms with van der Waals surface area (Å²) in [6, 6.07) is 14.8. The maximum Gasteiger partial charge on any atom is 0.272 e. The molecule has 0 spiro atoms. The summed E-state index contributed by atoms with van der Waals surface area (Å²) in [4.78, 5) is 24.5. The monoisotopic (exact) mass is 504 g/mol. The molecule has 0 aliphatic heterocycles. The van der Waals surface area contributed by atoms with Gasteiger partial charge in [0.2, 0.25) is 0 Å². The van der Waals surface area contributed by atoms with E-state index in [9.17, 15) is 23.3 Å². The standard InChI is InChI=1S/C27H24N2O6S/c1-17-10-13-26(18(2)14-17)36(33,34)28(27(30)19-6-5-7-21(15-19)29(31)32)20-11-12-25-23(16-20)22-8-3-4-9-24(22)35-25/h5-7,10-16H,3-4,8-9H2,1-2H3. The van der Waals surface area contributed by atoms with Gasteiger partial charge in [0.1, 0.15) is 11.3 Å². The molecular weight excluding hydrogens is 480 g/mol. The molecule has 0 radical (unpaired) electrons. The Morgan fingerprint density at radius 3 is 2.53 bits per heavy atom. The number of nitrogens with zero attached hydrogens (tertiary/aromatic N) is 2. The first kappa shape index (κ1) is 23.7. The van der Waals surface area contributed by atoms with Crippen molar-refractivity contribution in [3.63, 3.8) is 0 Å². The molecule has 1 aliphatic carbocycles. The predicted octanol–water partition coefficient (Wildman–Crippen LogP) is 5.87. The topological polar surface area (TPSA) is 111 Å². The van der Waals surface area contributed by atoms with Crippen LogP contribution in [0.3, 0.4) is 0 Å². The van der Waals surface area contributed by atoms with E-state index in [1.807, 2.05) is 6.92 Å². The van der Waals surface area contributed by atoms with Gasteiger partial charge in [0.05, 0.1) is 15.5 Å². The number of amides is 1. The molecule has 0 unspecified atom stereocenters. The number of non-ortho nitro benzene ring substituents is 1. The highest BCUT2D eigenvalue weighted by Gasteiger charge is 2.34. The molecule has 0 fully saturated rings. The van der Waals surface area contributed by atoms with E-state index in [2.05, 4.69) is 0 Å². The summed E-state index contributed by atoms with van der Waals surface area (Å²) >= 11 is 0. The van der Waals surface area contributed by atoms with Gasteiger partial charge in [-0.2, -0.15) is 4.31 Å². The van der Waals surface area contributed by atoms with E-state index in [-0.39, 0.29) is 21.8 Å². The fourth-order valence-corrected chi connectivity index (χ4v) is 6.42. The first-order chi connectivity index (χ1) is 17.2. The summed E-state index contributed by atoms with van der Waals surface area (Å²) in [6.45, 7) is 3.52. The third kappa shape index (κ3) is 4.05. The molecule has 1 aliphatic rings. The summed E-state index contributed by atoms with van der Waals surface area (Å²) in [7, 11) is -4.37. The molecule has 1 heterocycles. The number of benzene rings is 3. The molecule has 0 bridgehead atoms. The Kier molecular flexibility index (Phi) is 5.88. The summed E-state index contributed by atoms with van der Waals surface area (Å²) in [5, 5.41) is 12.1. The molecular formula is C27H24N2O6S. The van der Waals surface area contributed by atoms with Crippen LogP contribution in [-0.2, 0) is 22.9 Å². The zero-order chi connectivity index (χ0) is 25.6. The van der Waals surface area contributed by atoms with Gasteiger partial charge in [-0.1, -0.05) is 23.8 Å². The lowest BCUT2D eigenvalue weighted by Gasteiger charge is -2.24. The Morgan fingerprint density at radius 2 is 1.78 bits per heavy atom. The Labute approximate surface area is 208 Å². The second-order valence-corrected chi connectivity index (χ2v) is 10.8. The van der Waals surface area contributed by atoms with Crippen LogP contribution in [0.1, 0.15) is 45.7 Å². The molecule has 36 heavy (non-hydrogen) atoms. The number of nitro benzene ring substituents is 1. The van der Waals surface area contributed by atoms with Crippen LogP contribution in [0, 0.1) is 24.0 Å². The van der Waals surface area contributed by atoms with Crippen molar-refractivity contribution in [3.05, 3.63) is 98.8 Å². The van der Waals surface area contributed by atoms with Crippen LogP contribution in [0.15, 0.2) is 70.0 Å². The summed E-state index contributed by atoms with van der Waals surface area (Å²) in [5.41, 5.74) is 2.79. The van der Waals surface area contributed by atoms with Crippen LogP contribution in [-0.4, -0.2) is 19.2 Å². The lowest BCUT2D eigenvalue weighted by molar-refractivity contribution is -0.384. The van der Waals surface area contributed by atoms with Gasteiger partial charge in [0.25, 0.3) is 21.6 Å². The molecule has 5 rings (SSSR count). The van der Waals surface area contributed by atoms with E-state index in [4.69, 9.17) is 4.42 Å². The van der Waals surface area contributed by atoms with E-state index in [0.29, 0.717) is 11.1 Å². The molecule has 0 N–H and O–H groups in total. The van der Waals surface area contributed by atoms with Crippen LogP contribution in [0.5, 0.6) is 0 Å². The van der Waals surface area contributed by atoms with Gasteiger partial charge in [-0.3, -0.25) is 14.9 Å². The molecule has 1 aromatic heterocycles. The van der Waals surface area contributed by atoms with Crippen molar-refractivity contribution in [2.24, 2.45) is 0 Å². The summed E-state index contributed by atoms with van der Waals surface area (Å²) in [5.74, 6) is 0.0117. The second kappa shape index (κ2) is 8.91. The Morgan fingerprint density at radius 1 is 1.00 bits per heavy atom. The van der Waals surface area contributed by atoms with Crippen molar-refractivity contribution in [2.75, 3.05) is 4.31 Å². The van der Waals surface area contributed by atoms with Gasteiger partial charge in [-0.05, 0) is 69.0 Å². The van der Waals surface area contributed by atoms with Crippen LogP contribution in [0.4, 0.5) is 11.4 Å². The van der Waals surface area contributed by atoms with Crippen LogP contribution >= 0.6 is 0 Å². The van der Waals surface area contributed by atoms with E-state index in [0.717, 1.165) is 58.3 Å². The smallest absolute Gasteiger partial charge is 0.272 e. The lowest BCUT2D eigenvalue weighted by Crippen LogP contribution is -2.37. The minimum absolute atomic E-state index is 0.0128. The molecule has 184 valence electrons. The normalized spacial score (nSPS) is 13.4. The minimum atomic E-state index is -4.37. The number of aryl methyl sites for hydroxylation is 4. The summed E-state index contributed by atoms with van der Waals surface area (Å²) in [6.07, 6.45) is 3.66. The average molecular weight is 505 g/mol. The fourth-order valence-electron chi connectivity index (χ4n) is 4.80. The van der Waals surface area contributed by atoms with Crippen molar-refractivity contribution in [1.29, 1.82) is 0 Å². The number of anilines is 1. The van der Waals surface area contributed by atoms with Gasteiger partial charge in [-0.15, -0.1) is 0 Å². The average Bonchev–Trinajstić information content (AvgIpc) is 3.22. The van der Waals surface area contributed by atoms with Crippen LogP contribution < -0.4 is 4.31 Å². The number of furan rings is 1. The van der Waals surface area contributed by atoms with Gasteiger partial charge in [0, 0.05) is 35.1 Å². The van der Waals surface area contributed by atoms with Gasteiger partial charge < -0.3 is 4.42 Å². The number of rotatable bonds is 5. The highest BCUT2D eigenvalue weighted by molar-refractivity contribution is 7.93. The van der Waals surface area contributed by atoms with Gasteiger partial charge in [-0.25, -0.2) is 8.42 Å². The van der Waals surface area contributed by atoms with Crippen molar-refractivity contribution in [1.82, 2.24) is 0 Å². The zero-order valence-corrected chi connectivity index (χ0v) is 20.7. The molecule has 3 aromatic carbocycles. The van der Waals surface area contributed by atoms with E-state index in [1.165, 1.54) is 30.3 Å². The first-order valence-corrected chi connectivity index (χ1v) is 13.1. The quantitative estimate of drug-likeness (QED) is 0.248. The number of carbonyl (C=O) groups excluding carboxylic acids is 1. The van der Waals surface area contributed by atoms with Crippen molar-refractivity contribution < 1.29 is 22.6 Å². The third-order valence-corrected chi connectivity index (χ3v) is 8.38. The lowest BCUT2D eigenvalue weighted by atomic mass is 9.96. The molecule has 8 nitrogen and oxygen atoms in total. The number of hydrogen-bond acceptors (Lipinski definition) is 6. The maximum absolute atomic E-state index is 14.0. The SMILES string of the molecule is Cc1ccc(S(=O)(=O)N(C(=O)c2cccc([N+](=O)[O-])c2)c2ccc3oc4c(c3c2)CCCC4)c(C)c1. The van der Waals surface area contributed by atoms with Crippen molar-refractivity contribution in [2.45, 2.75) is 44.4 Å². The Balaban J connectivity index is 1.72. The number of carbonyl (C=O) groups is 1. The third-order valence-electron chi connectivity index (χ3n) is 6.51. The molecule has 0 saturated carbocycles. The number of hydrogen-bond donors (Lipinski definition) is 0. The van der Waals surface area contributed by atoms with Crippen molar-refractivity contribution >= 4 is 38.3 Å². The maximum atomic E-state index is 14.0. The minimum Gasteiger partial charge on any atom is -0.461 e. The fraction of sp³-hybridized carbons (Fsp3) is 0.222. The van der Waals surface area contributed by atoms with Crippen molar-refractivity contribution in [3.8, 4) is 0 Å². The van der Waals surface area contributed by atoms with Gasteiger partial charge >= 0.3 is 0 Å². The number of fused-ring (bicyclic) bond motifs is 3. The second-order valence-electron chi connectivity index (χ2n) is 9.04. The molecule has 0 atom stereocenters. The van der Waals surface area contributed by atoms with Crippen LogP contribution in [0.25, 0.3) is 11.0 Å². The number of nitro groups is 1. The Hall–Kier alpha value is -3.98. The first-order valence-electron chi connectivity index (χ1n) is 11.6. The van der Waals surface area contributed by atoms with Gasteiger partial charge in [0.15, 0.2) is 0 Å². The Bertz CT molecular complexity index is 1640. The van der Waals surface area contributed by atoms with E-state index in [1.54, 1.807) is 31.2 Å². The molecule has 9 heteroatoms. The summed E-state index contributed by atoms with van der Waals surface area (Å²) < 4.78 is 34.7. The van der Waals surface area contributed by atoms with Crippen LogP contribution in [0.2, 0.25) is 0 Å². The zero-order valence-electron chi connectivity index (χ0n) is 19.9. The largest absolute Gasteiger partial charge is 0.461 e. The molecule has 0 saturated heterocycles. The van der Waals surface area contributed by atoms with E-state index < -0.39 is 20.9 Å². The highest BCUT2D eigenvalue weighted by atomic mass is 32.2. The predicted molar refractivity (Wildman–Crippen MR) is 136 cm³/mol. The molecule has 1 amide bonds. The van der Waals surface area contributed by atoms with E-state index >= 15 is 0 Å². The molecule has 4 aromatic rings. The number of sulfonamides is 1.